The van der Waals surface area contributed by atoms with Crippen molar-refractivity contribution in [2.24, 2.45) is 5.92 Å². The molecule has 25 heavy (non-hydrogen) atoms. The van der Waals surface area contributed by atoms with Crippen LogP contribution < -0.4 is 0 Å². The average molecular weight is 327 g/mol. The van der Waals surface area contributed by atoms with Gasteiger partial charge in [0.2, 0.25) is 0 Å². The molecule has 1 unspecified atom stereocenters. The van der Waals surface area contributed by atoms with Crippen LogP contribution in [0.2, 0.25) is 0 Å². The second kappa shape index (κ2) is 7.77. The molecule has 0 aliphatic heterocycles. The zero-order valence-corrected chi connectivity index (χ0v) is 14.6. The summed E-state index contributed by atoms with van der Waals surface area (Å²) >= 11 is 0. The lowest BCUT2D eigenvalue weighted by Crippen LogP contribution is -2.04. The van der Waals surface area contributed by atoms with Gasteiger partial charge in [-0.1, -0.05) is 37.0 Å². The van der Waals surface area contributed by atoms with E-state index in [1.165, 1.54) is 5.56 Å². The predicted molar refractivity (Wildman–Crippen MR) is 102 cm³/mol. The fourth-order valence-corrected chi connectivity index (χ4v) is 2.99. The van der Waals surface area contributed by atoms with Gasteiger partial charge < -0.3 is 4.79 Å². The summed E-state index contributed by atoms with van der Waals surface area (Å²) in [5.41, 5.74) is 4.21. The summed E-state index contributed by atoms with van der Waals surface area (Å²) in [4.78, 5) is 15.5. The number of carbonyl (C=O) groups excluding carboxylic acids is 1. The molecule has 0 saturated carbocycles. The molecule has 1 aromatic heterocycles. The van der Waals surface area contributed by atoms with Crippen molar-refractivity contribution in [2.45, 2.75) is 26.7 Å². The van der Waals surface area contributed by atoms with Crippen molar-refractivity contribution in [3.8, 4) is 11.8 Å². The molecule has 0 bridgehead atoms. The van der Waals surface area contributed by atoms with Gasteiger partial charge in [-0.3, -0.25) is 4.98 Å². The Morgan fingerprint density at radius 3 is 2.52 bits per heavy atom. The van der Waals surface area contributed by atoms with Crippen molar-refractivity contribution in [3.05, 3.63) is 77.5 Å². The van der Waals surface area contributed by atoms with Crippen molar-refractivity contribution in [3.63, 3.8) is 0 Å². The Balaban J connectivity index is 1.70. The van der Waals surface area contributed by atoms with Crippen LogP contribution in [-0.4, -0.2) is 10.8 Å². The molecule has 0 fully saturated rings. The Bertz CT molecular complexity index is 945. The van der Waals surface area contributed by atoms with Gasteiger partial charge in [0.05, 0.1) is 5.52 Å². The predicted octanol–water partition coefficient (Wildman–Crippen LogP) is 4.79. The highest BCUT2D eigenvalue weighted by atomic mass is 16.1. The number of nitrogens with zero attached hydrogens (tertiary/aromatic N) is 1. The van der Waals surface area contributed by atoms with Crippen LogP contribution in [0.25, 0.3) is 10.9 Å². The van der Waals surface area contributed by atoms with E-state index >= 15 is 0 Å². The van der Waals surface area contributed by atoms with Gasteiger partial charge in [0.1, 0.15) is 5.78 Å². The lowest BCUT2D eigenvalue weighted by Gasteiger charge is -2.09. The number of carbonyl (C=O) groups is 1. The number of hydrogen-bond acceptors (Lipinski definition) is 2. The Hall–Kier alpha value is -2.92. The van der Waals surface area contributed by atoms with E-state index in [9.17, 15) is 4.79 Å². The lowest BCUT2D eigenvalue weighted by atomic mass is 9.96. The van der Waals surface area contributed by atoms with Crippen LogP contribution in [0, 0.1) is 17.8 Å². The van der Waals surface area contributed by atoms with Crippen LogP contribution in [0.3, 0.4) is 0 Å². The minimum atomic E-state index is 0.251. The quantitative estimate of drug-likeness (QED) is 0.645. The van der Waals surface area contributed by atoms with Gasteiger partial charge in [0, 0.05) is 29.1 Å². The van der Waals surface area contributed by atoms with E-state index in [4.69, 9.17) is 0 Å². The largest absolute Gasteiger partial charge is 0.300 e. The third kappa shape index (κ3) is 4.78. The Morgan fingerprint density at radius 2 is 1.76 bits per heavy atom. The minimum absolute atomic E-state index is 0.251. The molecule has 0 aliphatic carbocycles. The van der Waals surface area contributed by atoms with E-state index in [0.717, 1.165) is 28.5 Å². The first-order valence-electron chi connectivity index (χ1n) is 8.55. The maximum atomic E-state index is 11.2. The summed E-state index contributed by atoms with van der Waals surface area (Å²) in [5, 5.41) is 1.10. The monoisotopic (exact) mass is 327 g/mol. The van der Waals surface area contributed by atoms with E-state index < -0.39 is 0 Å². The van der Waals surface area contributed by atoms with E-state index in [1.54, 1.807) is 13.1 Å². The maximum absolute atomic E-state index is 11.2. The number of fused-ring (bicyclic) bond motifs is 1. The van der Waals surface area contributed by atoms with Gasteiger partial charge in [0.15, 0.2) is 0 Å². The Labute approximate surface area is 148 Å². The lowest BCUT2D eigenvalue weighted by molar-refractivity contribution is -0.117. The molecule has 0 amide bonds. The summed E-state index contributed by atoms with van der Waals surface area (Å²) in [5.74, 6) is 7.06. The summed E-state index contributed by atoms with van der Waals surface area (Å²) in [6.45, 7) is 3.77. The van der Waals surface area contributed by atoms with Gasteiger partial charge in [0.25, 0.3) is 0 Å². The molecule has 0 radical (unpaired) electrons. The van der Waals surface area contributed by atoms with E-state index in [2.05, 4.69) is 41.9 Å². The summed E-state index contributed by atoms with van der Waals surface area (Å²) in [6.07, 6.45) is 3.36. The van der Waals surface area contributed by atoms with Gasteiger partial charge >= 0.3 is 0 Å². The first kappa shape index (κ1) is 16.9. The molecule has 0 saturated heterocycles. The van der Waals surface area contributed by atoms with Gasteiger partial charge in [-0.15, -0.1) is 0 Å². The average Bonchev–Trinajstić information content (AvgIpc) is 2.60. The summed E-state index contributed by atoms with van der Waals surface area (Å²) in [6, 6.07) is 18.3. The first-order valence-corrected chi connectivity index (χ1v) is 8.55. The molecule has 2 nitrogen and oxygen atoms in total. The zero-order chi connectivity index (χ0) is 17.6. The van der Waals surface area contributed by atoms with Crippen molar-refractivity contribution in [1.82, 2.24) is 4.98 Å². The first-order chi connectivity index (χ1) is 12.1. The third-order valence-electron chi connectivity index (χ3n) is 4.13. The van der Waals surface area contributed by atoms with Gasteiger partial charge in [-0.25, -0.2) is 0 Å². The van der Waals surface area contributed by atoms with E-state index in [0.29, 0.717) is 12.3 Å². The molecule has 1 atom stereocenters. The fourth-order valence-electron chi connectivity index (χ4n) is 2.99. The number of pyridine rings is 1. The number of benzene rings is 2. The molecule has 124 valence electrons. The number of hydrogen-bond donors (Lipinski definition) is 0. The van der Waals surface area contributed by atoms with Gasteiger partial charge in [-0.05, 0) is 61.2 Å². The van der Waals surface area contributed by atoms with Crippen molar-refractivity contribution in [2.75, 3.05) is 0 Å². The zero-order valence-electron chi connectivity index (χ0n) is 14.6. The topological polar surface area (TPSA) is 30.0 Å². The number of ketones is 1. The molecule has 0 spiro atoms. The van der Waals surface area contributed by atoms with Crippen molar-refractivity contribution in [1.29, 1.82) is 0 Å². The van der Waals surface area contributed by atoms with Crippen LogP contribution in [-0.2, 0) is 11.2 Å². The SMILES string of the molecule is CC(=O)CC(C)Cc1ccc(C#Cc2ccc3ncccc3c2)cc1. The number of aromatic nitrogens is 1. The van der Waals surface area contributed by atoms with Crippen molar-refractivity contribution >= 4 is 16.7 Å². The molecule has 0 aliphatic rings. The Kier molecular flexibility index (Phi) is 5.26. The highest BCUT2D eigenvalue weighted by Crippen LogP contribution is 2.14. The van der Waals surface area contributed by atoms with Crippen LogP contribution in [0.15, 0.2) is 60.8 Å². The van der Waals surface area contributed by atoms with Crippen LogP contribution in [0.5, 0.6) is 0 Å². The normalized spacial score (nSPS) is 11.6. The minimum Gasteiger partial charge on any atom is -0.300 e. The van der Waals surface area contributed by atoms with Gasteiger partial charge in [-0.2, -0.15) is 0 Å². The standard InChI is InChI=1S/C23H21NO/c1-17(14-18(2)25)15-20-8-5-19(6-9-20)7-10-21-11-12-23-22(16-21)4-3-13-24-23/h3-6,8-9,11-13,16-17H,14-15H2,1-2H3. The summed E-state index contributed by atoms with van der Waals surface area (Å²) < 4.78 is 0. The van der Waals surface area contributed by atoms with Crippen LogP contribution >= 0.6 is 0 Å². The van der Waals surface area contributed by atoms with E-state index in [-0.39, 0.29) is 5.78 Å². The molecule has 2 heteroatoms. The Morgan fingerprint density at radius 1 is 1.04 bits per heavy atom. The number of rotatable bonds is 4. The summed E-state index contributed by atoms with van der Waals surface area (Å²) in [7, 11) is 0. The molecule has 2 aromatic carbocycles. The second-order valence-corrected chi connectivity index (χ2v) is 6.57. The highest BCUT2D eigenvalue weighted by Gasteiger charge is 2.06. The number of Topliss-reactive ketones (excluding diaryl/α,β-unsaturated/α-hetero) is 1. The highest BCUT2D eigenvalue weighted by molar-refractivity contribution is 5.80. The molecule has 3 aromatic rings. The molecular weight excluding hydrogens is 306 g/mol. The molecule has 1 heterocycles. The molecule has 0 N–H and O–H groups in total. The second-order valence-electron chi connectivity index (χ2n) is 6.57. The van der Waals surface area contributed by atoms with Crippen LogP contribution in [0.4, 0.5) is 0 Å². The smallest absolute Gasteiger partial charge is 0.130 e. The van der Waals surface area contributed by atoms with E-state index in [1.807, 2.05) is 36.4 Å². The third-order valence-corrected chi connectivity index (χ3v) is 4.13. The van der Waals surface area contributed by atoms with Crippen molar-refractivity contribution < 1.29 is 4.79 Å². The maximum Gasteiger partial charge on any atom is 0.130 e. The molecular formula is C23H21NO. The van der Waals surface area contributed by atoms with Crippen LogP contribution in [0.1, 0.15) is 37.0 Å². The molecule has 3 rings (SSSR count). The fraction of sp³-hybridized carbons (Fsp3) is 0.217.